The summed E-state index contributed by atoms with van der Waals surface area (Å²) in [5.74, 6) is 0. The summed E-state index contributed by atoms with van der Waals surface area (Å²) in [6.45, 7) is 0. The molecule has 0 fully saturated rings. The Morgan fingerprint density at radius 3 is 1.00 bits per heavy atom. The molecule has 0 N–H and O–H groups in total. The Morgan fingerprint density at radius 2 is 0.597 bits per heavy atom. The highest BCUT2D eigenvalue weighted by Gasteiger charge is 2.28. The smallest absolute Gasteiger partial charge is 0.0601 e. The van der Waals surface area contributed by atoms with Crippen LogP contribution in [0.2, 0.25) is 0 Å². The molecular formula is C58H36N2S2. The molecule has 0 atom stereocenters. The maximum Gasteiger partial charge on any atom is 0.0601 e. The molecule has 0 aliphatic carbocycles. The van der Waals surface area contributed by atoms with Crippen LogP contribution in [0.1, 0.15) is 0 Å². The molecule has 0 aromatic heterocycles. The van der Waals surface area contributed by atoms with E-state index in [0.717, 1.165) is 11.4 Å². The standard InChI is InChI=1S/C58H36N2S2/c1-3-19-41-37(15-1)17-13-21-43(41)57-45-33-31-40(60-51-25-7-11-29-55(51)62-56-30-12-8-26-52(56)60)36-48(45)58(44-22-14-18-38-16-2-4-20-42(38)44)46-34-32-39(35-47(46)57)59-49-23-5-9-27-53(49)61-54-28-10-6-24-50(54)59/h1-36H. The van der Waals surface area contributed by atoms with E-state index >= 15 is 0 Å². The third-order valence-electron chi connectivity index (χ3n) is 12.6. The van der Waals surface area contributed by atoms with E-state index in [2.05, 4.69) is 228 Å². The minimum Gasteiger partial charge on any atom is -0.308 e. The maximum absolute atomic E-state index is 2.46. The molecule has 0 unspecified atom stereocenters. The average molecular weight is 825 g/mol. The number of anilines is 6. The summed E-state index contributed by atoms with van der Waals surface area (Å²) in [5, 5.41) is 9.83. The Kier molecular flexibility index (Phi) is 8.12. The predicted octanol–water partition coefficient (Wildman–Crippen LogP) is 17.5. The molecule has 2 aliphatic heterocycles. The van der Waals surface area contributed by atoms with Crippen molar-refractivity contribution < 1.29 is 0 Å². The summed E-state index contributed by atoms with van der Waals surface area (Å²) in [4.78, 5) is 9.93. The Hall–Kier alpha value is -7.24. The van der Waals surface area contributed by atoms with E-state index in [1.54, 1.807) is 0 Å². The van der Waals surface area contributed by atoms with Crippen LogP contribution < -0.4 is 9.80 Å². The van der Waals surface area contributed by atoms with Crippen molar-refractivity contribution in [2.75, 3.05) is 9.80 Å². The van der Waals surface area contributed by atoms with Crippen LogP contribution in [0.3, 0.4) is 0 Å². The van der Waals surface area contributed by atoms with Crippen LogP contribution in [-0.2, 0) is 0 Å². The molecule has 0 saturated carbocycles. The van der Waals surface area contributed by atoms with Crippen molar-refractivity contribution >= 4 is 101 Å². The molecular weight excluding hydrogens is 789 g/mol. The molecule has 11 aromatic rings. The van der Waals surface area contributed by atoms with E-state index in [-0.39, 0.29) is 0 Å². The molecule has 0 bridgehead atoms. The molecule has 2 nitrogen and oxygen atoms in total. The average Bonchev–Trinajstić information content (AvgIpc) is 3.33. The van der Waals surface area contributed by atoms with Gasteiger partial charge >= 0.3 is 0 Å². The lowest BCUT2D eigenvalue weighted by Crippen LogP contribution is -2.15. The molecule has 2 heterocycles. The first-order valence-corrected chi connectivity index (χ1v) is 22.7. The van der Waals surface area contributed by atoms with E-state index in [4.69, 9.17) is 0 Å². The Labute approximate surface area is 368 Å². The second-order valence-corrected chi connectivity index (χ2v) is 18.2. The highest BCUT2D eigenvalue weighted by Crippen LogP contribution is 2.55. The third-order valence-corrected chi connectivity index (χ3v) is 14.8. The van der Waals surface area contributed by atoms with Gasteiger partial charge in [0.2, 0.25) is 0 Å². The second-order valence-electron chi connectivity index (χ2n) is 16.0. The normalized spacial score (nSPS) is 13.0. The molecule has 0 amide bonds. The van der Waals surface area contributed by atoms with Gasteiger partial charge in [-0.3, -0.25) is 0 Å². The topological polar surface area (TPSA) is 6.48 Å². The second kappa shape index (κ2) is 14.2. The summed E-state index contributed by atoms with van der Waals surface area (Å²) in [7, 11) is 0. The molecule has 4 heteroatoms. The van der Waals surface area contributed by atoms with E-state index in [0.29, 0.717) is 0 Å². The van der Waals surface area contributed by atoms with Crippen LogP contribution in [0.5, 0.6) is 0 Å². The van der Waals surface area contributed by atoms with Crippen LogP contribution in [0.4, 0.5) is 34.1 Å². The molecule has 11 aromatic carbocycles. The number of hydrogen-bond acceptors (Lipinski definition) is 4. The van der Waals surface area contributed by atoms with Gasteiger partial charge in [-0.25, -0.2) is 0 Å². The molecule has 62 heavy (non-hydrogen) atoms. The summed E-state index contributed by atoms with van der Waals surface area (Å²) < 4.78 is 0. The van der Waals surface area contributed by atoms with Gasteiger partial charge in [0.15, 0.2) is 0 Å². The van der Waals surface area contributed by atoms with Gasteiger partial charge in [0.1, 0.15) is 0 Å². The highest BCUT2D eigenvalue weighted by molar-refractivity contribution is 8.00. The lowest BCUT2D eigenvalue weighted by Gasteiger charge is -2.34. The highest BCUT2D eigenvalue weighted by atomic mass is 32.2. The Morgan fingerprint density at radius 1 is 0.258 bits per heavy atom. The first kappa shape index (κ1) is 35.5. The summed E-state index contributed by atoms with van der Waals surface area (Å²) in [6, 6.07) is 80.9. The number of benzene rings is 11. The quantitative estimate of drug-likeness (QED) is 0.163. The lowest BCUT2D eigenvalue weighted by molar-refractivity contribution is 1.17. The molecule has 0 spiro atoms. The lowest BCUT2D eigenvalue weighted by atomic mass is 9.83. The van der Waals surface area contributed by atoms with Crippen molar-refractivity contribution in [3.05, 3.63) is 218 Å². The SMILES string of the molecule is c1ccc2c(c1)Sc1ccccc1N2c1ccc2c(-c3cccc4ccccc34)c3cc(N4c5ccccc5Sc5ccccc54)ccc3c(-c3cccc4ccccc34)c2c1. The van der Waals surface area contributed by atoms with Crippen molar-refractivity contribution in [3.63, 3.8) is 0 Å². The van der Waals surface area contributed by atoms with Gasteiger partial charge < -0.3 is 9.80 Å². The Bertz CT molecular complexity index is 3290. The number of nitrogens with zero attached hydrogens (tertiary/aromatic N) is 2. The van der Waals surface area contributed by atoms with Crippen LogP contribution in [0, 0.1) is 0 Å². The summed E-state index contributed by atoms with van der Waals surface area (Å²) in [5.41, 5.74) is 12.0. The maximum atomic E-state index is 2.46. The molecule has 290 valence electrons. The monoisotopic (exact) mass is 824 g/mol. The van der Waals surface area contributed by atoms with Crippen molar-refractivity contribution in [1.29, 1.82) is 0 Å². The van der Waals surface area contributed by atoms with E-state index in [1.165, 1.54) is 108 Å². The number of fused-ring (bicyclic) bond motifs is 8. The van der Waals surface area contributed by atoms with Crippen molar-refractivity contribution in [2.45, 2.75) is 19.6 Å². The van der Waals surface area contributed by atoms with Gasteiger partial charge in [-0.15, -0.1) is 0 Å². The van der Waals surface area contributed by atoms with Gasteiger partial charge in [-0.2, -0.15) is 0 Å². The number of rotatable bonds is 4. The van der Waals surface area contributed by atoms with Crippen molar-refractivity contribution in [3.8, 4) is 22.3 Å². The van der Waals surface area contributed by atoms with E-state index in [1.807, 2.05) is 23.5 Å². The minimum absolute atomic E-state index is 1.14. The van der Waals surface area contributed by atoms with Gasteiger partial charge in [-0.1, -0.05) is 169 Å². The largest absolute Gasteiger partial charge is 0.308 e. The summed E-state index contributed by atoms with van der Waals surface area (Å²) >= 11 is 3.69. The zero-order valence-corrected chi connectivity index (χ0v) is 35.1. The van der Waals surface area contributed by atoms with Crippen molar-refractivity contribution in [2.24, 2.45) is 0 Å². The Balaban J connectivity index is 1.18. The first-order chi connectivity index (χ1) is 30.8. The van der Waals surface area contributed by atoms with Gasteiger partial charge in [0.25, 0.3) is 0 Å². The van der Waals surface area contributed by atoms with Crippen LogP contribution in [0.15, 0.2) is 238 Å². The first-order valence-electron chi connectivity index (χ1n) is 21.1. The zero-order chi connectivity index (χ0) is 40.7. The minimum atomic E-state index is 1.14. The number of hydrogen-bond donors (Lipinski definition) is 0. The fraction of sp³-hybridized carbons (Fsp3) is 0. The molecule has 13 rings (SSSR count). The molecule has 0 radical (unpaired) electrons. The van der Waals surface area contributed by atoms with Crippen molar-refractivity contribution in [1.82, 2.24) is 0 Å². The van der Waals surface area contributed by atoms with Gasteiger partial charge in [0, 0.05) is 31.0 Å². The number of para-hydroxylation sites is 4. The van der Waals surface area contributed by atoms with E-state index < -0.39 is 0 Å². The van der Waals surface area contributed by atoms with E-state index in [9.17, 15) is 0 Å². The predicted molar refractivity (Wildman–Crippen MR) is 265 cm³/mol. The summed E-state index contributed by atoms with van der Waals surface area (Å²) in [6.07, 6.45) is 0. The van der Waals surface area contributed by atoms with Crippen LogP contribution in [-0.4, -0.2) is 0 Å². The van der Waals surface area contributed by atoms with Crippen LogP contribution in [0.25, 0.3) is 65.3 Å². The zero-order valence-electron chi connectivity index (χ0n) is 33.5. The fourth-order valence-corrected chi connectivity index (χ4v) is 12.0. The van der Waals surface area contributed by atoms with Gasteiger partial charge in [0.05, 0.1) is 22.7 Å². The molecule has 0 saturated heterocycles. The fourth-order valence-electron chi connectivity index (χ4n) is 9.92. The molecule has 2 aliphatic rings. The third kappa shape index (κ3) is 5.47. The van der Waals surface area contributed by atoms with Gasteiger partial charge in [-0.05, 0) is 138 Å². The van der Waals surface area contributed by atoms with Crippen LogP contribution >= 0.6 is 23.5 Å².